The Hall–Kier alpha value is -3.04. The van der Waals surface area contributed by atoms with E-state index in [2.05, 4.69) is 11.4 Å². The van der Waals surface area contributed by atoms with Crippen molar-refractivity contribution in [1.82, 2.24) is 5.32 Å². The summed E-state index contributed by atoms with van der Waals surface area (Å²) in [6.45, 7) is 0. The molecule has 0 radical (unpaired) electrons. The van der Waals surface area contributed by atoms with Gasteiger partial charge in [-0.1, -0.05) is 42.1 Å². The first kappa shape index (κ1) is 18.3. The second-order valence-electron chi connectivity index (χ2n) is 6.67. The number of Topliss-reactive ketones (excluding diaryl/α,β-unsaturated/α-hetero) is 2. The lowest BCUT2D eigenvalue weighted by atomic mass is 9.79. The van der Waals surface area contributed by atoms with Crippen molar-refractivity contribution >= 4 is 23.3 Å². The van der Waals surface area contributed by atoms with Crippen LogP contribution in [0.15, 0.2) is 75.0 Å². The number of ketones is 2. The highest BCUT2D eigenvalue weighted by Gasteiger charge is 2.38. The Morgan fingerprint density at radius 2 is 2.04 bits per heavy atom. The van der Waals surface area contributed by atoms with Crippen LogP contribution in [0.4, 0.5) is 0 Å². The van der Waals surface area contributed by atoms with E-state index in [1.807, 2.05) is 18.2 Å². The molecule has 1 aliphatic carbocycles. The van der Waals surface area contributed by atoms with E-state index in [9.17, 15) is 14.9 Å². The fourth-order valence-corrected chi connectivity index (χ4v) is 4.58. The van der Waals surface area contributed by atoms with Crippen LogP contribution >= 0.6 is 11.8 Å². The summed E-state index contributed by atoms with van der Waals surface area (Å²) < 4.78 is 5.57. The van der Waals surface area contributed by atoms with Crippen molar-refractivity contribution in [2.24, 2.45) is 0 Å². The van der Waals surface area contributed by atoms with Crippen LogP contribution in [-0.2, 0) is 4.79 Å². The SMILES string of the molecule is N#CC1=C(SCC(=O)c2ccccc2)NC2=C(C(=O)CCC2)[C@@H]1c1ccco1. The lowest BCUT2D eigenvalue weighted by Crippen LogP contribution is -2.31. The summed E-state index contributed by atoms with van der Waals surface area (Å²) in [4.78, 5) is 25.1. The van der Waals surface area contributed by atoms with Crippen LogP contribution in [0.2, 0.25) is 0 Å². The zero-order valence-electron chi connectivity index (χ0n) is 15.1. The van der Waals surface area contributed by atoms with E-state index >= 15 is 0 Å². The number of allylic oxidation sites excluding steroid dienone is 3. The summed E-state index contributed by atoms with van der Waals surface area (Å²) >= 11 is 1.30. The highest BCUT2D eigenvalue weighted by molar-refractivity contribution is 8.03. The normalized spacial score (nSPS) is 19.1. The second-order valence-corrected chi connectivity index (χ2v) is 7.66. The van der Waals surface area contributed by atoms with E-state index in [-0.39, 0.29) is 17.3 Å². The molecule has 4 rings (SSSR count). The largest absolute Gasteiger partial charge is 0.468 e. The fourth-order valence-electron chi connectivity index (χ4n) is 3.62. The monoisotopic (exact) mass is 390 g/mol. The molecule has 2 aromatic rings. The molecule has 5 nitrogen and oxygen atoms in total. The van der Waals surface area contributed by atoms with Crippen molar-refractivity contribution in [1.29, 1.82) is 5.26 Å². The third-order valence-electron chi connectivity index (χ3n) is 4.93. The van der Waals surface area contributed by atoms with Crippen molar-refractivity contribution in [3.8, 4) is 6.07 Å². The van der Waals surface area contributed by atoms with Gasteiger partial charge in [0, 0.05) is 23.3 Å². The Morgan fingerprint density at radius 1 is 1.21 bits per heavy atom. The standard InChI is InChI=1S/C22H18N2O3S/c23-12-15-20(19-10-5-11-27-19)21-16(8-4-9-17(21)25)24-22(15)28-13-18(26)14-6-2-1-3-7-14/h1-3,5-7,10-11,20,24H,4,8-9,13H2/t20-/m0/s1. The minimum atomic E-state index is -0.515. The second kappa shape index (κ2) is 7.91. The Labute approximate surface area is 167 Å². The summed E-state index contributed by atoms with van der Waals surface area (Å²) in [5, 5.41) is 13.8. The minimum absolute atomic E-state index is 0.00812. The zero-order chi connectivity index (χ0) is 19.5. The lowest BCUT2D eigenvalue weighted by Gasteiger charge is -2.32. The van der Waals surface area contributed by atoms with Gasteiger partial charge < -0.3 is 9.73 Å². The average molecular weight is 390 g/mol. The van der Waals surface area contributed by atoms with Crippen LogP contribution in [0.25, 0.3) is 0 Å². The summed E-state index contributed by atoms with van der Waals surface area (Å²) in [6, 6.07) is 14.9. The summed E-state index contributed by atoms with van der Waals surface area (Å²) in [5.41, 5.74) is 2.53. The molecule has 0 saturated carbocycles. The number of nitrogens with one attached hydrogen (secondary N) is 1. The number of carbonyl (C=O) groups excluding carboxylic acids is 2. The van der Waals surface area contributed by atoms with Crippen LogP contribution in [-0.4, -0.2) is 17.3 Å². The van der Waals surface area contributed by atoms with Crippen molar-refractivity contribution in [3.05, 3.63) is 81.9 Å². The number of rotatable bonds is 5. The maximum atomic E-state index is 12.6. The molecule has 2 aliphatic rings. The Balaban J connectivity index is 1.66. The molecule has 2 heterocycles. The predicted octanol–water partition coefficient (Wildman–Crippen LogP) is 4.32. The third kappa shape index (κ3) is 3.41. The first-order valence-electron chi connectivity index (χ1n) is 9.11. The number of carbonyl (C=O) groups is 2. The summed E-state index contributed by atoms with van der Waals surface area (Å²) in [6.07, 6.45) is 3.54. The van der Waals surface area contributed by atoms with Gasteiger partial charge in [-0.2, -0.15) is 5.26 Å². The van der Waals surface area contributed by atoms with Gasteiger partial charge in [-0.25, -0.2) is 0 Å². The van der Waals surface area contributed by atoms with Gasteiger partial charge in [0.25, 0.3) is 0 Å². The Morgan fingerprint density at radius 3 is 2.75 bits per heavy atom. The molecule has 1 N–H and O–H groups in total. The van der Waals surface area contributed by atoms with Gasteiger partial charge in [-0.15, -0.1) is 0 Å². The maximum Gasteiger partial charge on any atom is 0.173 e. The first-order chi connectivity index (χ1) is 13.7. The molecule has 0 fully saturated rings. The van der Waals surface area contributed by atoms with Gasteiger partial charge in [-0.05, 0) is 25.0 Å². The van der Waals surface area contributed by atoms with Crippen LogP contribution in [0.3, 0.4) is 0 Å². The van der Waals surface area contributed by atoms with Crippen LogP contribution < -0.4 is 5.32 Å². The predicted molar refractivity (Wildman–Crippen MR) is 106 cm³/mol. The first-order valence-corrected chi connectivity index (χ1v) is 10.1. The highest BCUT2D eigenvalue weighted by Crippen LogP contribution is 2.44. The van der Waals surface area contributed by atoms with Gasteiger partial charge in [0.1, 0.15) is 5.76 Å². The van der Waals surface area contributed by atoms with Crippen LogP contribution in [0.1, 0.15) is 41.3 Å². The summed E-state index contributed by atoms with van der Waals surface area (Å²) in [5.74, 6) is 0.309. The van der Waals surface area contributed by atoms with Crippen LogP contribution in [0.5, 0.6) is 0 Å². The molecule has 1 aliphatic heterocycles. The summed E-state index contributed by atoms with van der Waals surface area (Å²) in [7, 11) is 0. The smallest absolute Gasteiger partial charge is 0.173 e. The van der Waals surface area contributed by atoms with E-state index in [1.54, 1.807) is 30.5 Å². The number of thioether (sulfide) groups is 1. The number of benzene rings is 1. The van der Waals surface area contributed by atoms with Crippen molar-refractivity contribution in [3.63, 3.8) is 0 Å². The molecular weight excluding hydrogens is 372 g/mol. The molecule has 0 unspecified atom stereocenters. The van der Waals surface area contributed by atoms with Gasteiger partial charge in [0.15, 0.2) is 11.6 Å². The van der Waals surface area contributed by atoms with Crippen LogP contribution in [0, 0.1) is 11.3 Å². The molecule has 0 saturated heterocycles. The number of hydrogen-bond acceptors (Lipinski definition) is 6. The van der Waals surface area contributed by atoms with Crippen molar-refractivity contribution in [2.45, 2.75) is 25.2 Å². The highest BCUT2D eigenvalue weighted by atomic mass is 32.2. The number of hydrogen-bond donors (Lipinski definition) is 1. The van der Waals surface area contributed by atoms with Crippen molar-refractivity contribution in [2.75, 3.05) is 5.75 Å². The lowest BCUT2D eigenvalue weighted by molar-refractivity contribution is -0.116. The molecule has 1 aromatic heterocycles. The fraction of sp³-hybridized carbons (Fsp3) is 0.227. The maximum absolute atomic E-state index is 12.6. The number of nitriles is 1. The molecule has 0 bridgehead atoms. The van der Waals surface area contributed by atoms with Gasteiger partial charge >= 0.3 is 0 Å². The topological polar surface area (TPSA) is 83.1 Å². The quantitative estimate of drug-likeness (QED) is 0.766. The van der Waals surface area contributed by atoms with E-state index in [1.165, 1.54) is 11.8 Å². The van der Waals surface area contributed by atoms with E-state index in [0.717, 1.165) is 18.5 Å². The van der Waals surface area contributed by atoms with E-state index in [4.69, 9.17) is 4.42 Å². The average Bonchev–Trinajstić information content (AvgIpc) is 3.26. The molecule has 28 heavy (non-hydrogen) atoms. The van der Waals surface area contributed by atoms with E-state index < -0.39 is 5.92 Å². The Kier molecular flexibility index (Phi) is 5.18. The molecule has 1 atom stereocenters. The molecule has 140 valence electrons. The number of furan rings is 1. The molecule has 0 amide bonds. The Bertz CT molecular complexity index is 1010. The number of dihydropyridines is 1. The number of nitrogens with zero attached hydrogens (tertiary/aromatic N) is 1. The molecule has 1 aromatic carbocycles. The molecule has 6 heteroatoms. The zero-order valence-corrected chi connectivity index (χ0v) is 15.9. The van der Waals surface area contributed by atoms with Gasteiger partial charge in [-0.3, -0.25) is 9.59 Å². The molecule has 0 spiro atoms. The third-order valence-corrected chi connectivity index (χ3v) is 5.95. The van der Waals surface area contributed by atoms with Gasteiger partial charge in [0.2, 0.25) is 0 Å². The van der Waals surface area contributed by atoms with Gasteiger partial charge in [0.05, 0.1) is 34.6 Å². The molecular formula is C22H18N2O3S. The minimum Gasteiger partial charge on any atom is -0.468 e. The van der Waals surface area contributed by atoms with E-state index in [0.29, 0.717) is 33.9 Å². The van der Waals surface area contributed by atoms with Crippen molar-refractivity contribution < 1.29 is 14.0 Å².